The van der Waals surface area contributed by atoms with Crippen molar-refractivity contribution in [3.05, 3.63) is 46.2 Å². The number of aryl methyl sites for hydroxylation is 1. The summed E-state index contributed by atoms with van der Waals surface area (Å²) in [5.74, 6) is -2.53. The first-order valence-electron chi connectivity index (χ1n) is 5.78. The van der Waals surface area contributed by atoms with Gasteiger partial charge in [-0.2, -0.15) is 0 Å². The van der Waals surface area contributed by atoms with Crippen LogP contribution in [0.2, 0.25) is 0 Å². The van der Waals surface area contributed by atoms with E-state index in [9.17, 15) is 14.0 Å². The fraction of sp³-hybridized carbons (Fsp3) is 0.0769. The van der Waals surface area contributed by atoms with Crippen molar-refractivity contribution in [1.29, 1.82) is 0 Å². The number of amides is 1. The fourth-order valence-electron chi connectivity index (χ4n) is 1.50. The molecule has 6 nitrogen and oxygen atoms in total. The molecule has 108 valence electrons. The molecule has 1 heterocycles. The summed E-state index contributed by atoms with van der Waals surface area (Å²) in [6.07, 6.45) is 2.12. The first-order chi connectivity index (χ1) is 9.95. The third-order valence-corrected chi connectivity index (χ3v) is 3.16. The van der Waals surface area contributed by atoms with Gasteiger partial charge in [0.2, 0.25) is 5.13 Å². The Hall–Kier alpha value is -2.61. The van der Waals surface area contributed by atoms with Crippen molar-refractivity contribution in [1.82, 2.24) is 10.2 Å². The monoisotopic (exact) mass is 307 g/mol. The van der Waals surface area contributed by atoms with E-state index in [0.29, 0.717) is 10.6 Å². The largest absolute Gasteiger partial charge is 0.478 e. The number of halogens is 1. The van der Waals surface area contributed by atoms with Crippen LogP contribution in [-0.4, -0.2) is 27.2 Å². The van der Waals surface area contributed by atoms with Crippen LogP contribution in [0, 0.1) is 12.7 Å². The second-order valence-corrected chi connectivity index (χ2v) is 5.17. The Morgan fingerprint density at radius 3 is 2.71 bits per heavy atom. The molecule has 2 rings (SSSR count). The number of hydrogen-bond acceptors (Lipinski definition) is 5. The number of nitrogens with one attached hydrogen (secondary N) is 1. The predicted molar refractivity (Wildman–Crippen MR) is 75.7 cm³/mol. The van der Waals surface area contributed by atoms with Crippen molar-refractivity contribution in [3.63, 3.8) is 0 Å². The molecule has 8 heteroatoms. The molecule has 1 aromatic heterocycles. The van der Waals surface area contributed by atoms with Crippen LogP contribution in [0.15, 0.2) is 24.3 Å². The van der Waals surface area contributed by atoms with Gasteiger partial charge < -0.3 is 5.11 Å². The molecule has 1 amide bonds. The van der Waals surface area contributed by atoms with E-state index in [1.165, 1.54) is 29.5 Å². The van der Waals surface area contributed by atoms with Crippen LogP contribution in [-0.2, 0) is 4.79 Å². The van der Waals surface area contributed by atoms with E-state index in [1.807, 2.05) is 0 Å². The maximum absolute atomic E-state index is 13.9. The first kappa shape index (κ1) is 14.8. The highest BCUT2D eigenvalue weighted by molar-refractivity contribution is 7.15. The number of aromatic nitrogens is 2. The Morgan fingerprint density at radius 1 is 1.38 bits per heavy atom. The van der Waals surface area contributed by atoms with Crippen molar-refractivity contribution < 1.29 is 19.1 Å². The summed E-state index contributed by atoms with van der Waals surface area (Å²) in [4.78, 5) is 22.3. The molecule has 0 unspecified atom stereocenters. The molecule has 0 bridgehead atoms. The van der Waals surface area contributed by atoms with E-state index >= 15 is 0 Å². The van der Waals surface area contributed by atoms with Crippen LogP contribution in [0.1, 0.15) is 20.9 Å². The lowest BCUT2D eigenvalue weighted by Gasteiger charge is -2.03. The number of hydrogen-bond donors (Lipinski definition) is 2. The zero-order valence-corrected chi connectivity index (χ0v) is 11.6. The van der Waals surface area contributed by atoms with E-state index in [4.69, 9.17) is 5.11 Å². The number of carboxylic acid groups (broad SMARTS) is 1. The van der Waals surface area contributed by atoms with E-state index < -0.39 is 17.7 Å². The Bertz CT molecular complexity index is 727. The number of aliphatic carboxylic acids is 1. The quantitative estimate of drug-likeness (QED) is 0.846. The summed E-state index contributed by atoms with van der Waals surface area (Å²) in [6.45, 7) is 1.73. The minimum Gasteiger partial charge on any atom is -0.478 e. The molecule has 0 fully saturated rings. The smallest absolute Gasteiger partial charge is 0.328 e. The molecule has 1 aromatic carbocycles. The molecule has 0 aliphatic carbocycles. The standard InChI is InChI=1S/C13H10FN3O3S/c1-7-16-17-13(21-7)15-12(20)9-4-2-8(6-10(9)14)3-5-11(18)19/h2-6H,1H3,(H,18,19)(H,15,17,20)/b5-3+. The van der Waals surface area contributed by atoms with Gasteiger partial charge in [0.15, 0.2) is 0 Å². The topological polar surface area (TPSA) is 92.2 Å². The number of benzene rings is 1. The highest BCUT2D eigenvalue weighted by Crippen LogP contribution is 2.17. The molecule has 0 saturated carbocycles. The highest BCUT2D eigenvalue weighted by atomic mass is 32.1. The van der Waals surface area contributed by atoms with Crippen LogP contribution in [0.5, 0.6) is 0 Å². The van der Waals surface area contributed by atoms with Crippen molar-refractivity contribution in [2.75, 3.05) is 5.32 Å². The van der Waals surface area contributed by atoms with E-state index in [1.54, 1.807) is 6.92 Å². The van der Waals surface area contributed by atoms with E-state index in [2.05, 4.69) is 15.5 Å². The summed E-state index contributed by atoms with van der Waals surface area (Å²) in [5, 5.41) is 19.4. The van der Waals surface area contributed by atoms with Gasteiger partial charge in [0.05, 0.1) is 5.56 Å². The molecular formula is C13H10FN3O3S. The van der Waals surface area contributed by atoms with Crippen molar-refractivity contribution in [2.24, 2.45) is 0 Å². The summed E-state index contributed by atoms with van der Waals surface area (Å²) in [6, 6.07) is 3.81. The highest BCUT2D eigenvalue weighted by Gasteiger charge is 2.13. The number of carboxylic acids is 1. The molecule has 0 spiro atoms. The molecule has 0 aliphatic rings. The summed E-state index contributed by atoms with van der Waals surface area (Å²) < 4.78 is 13.9. The molecular weight excluding hydrogens is 297 g/mol. The Balaban J connectivity index is 2.16. The molecule has 2 aromatic rings. The number of nitrogens with zero attached hydrogens (tertiary/aromatic N) is 2. The lowest BCUT2D eigenvalue weighted by molar-refractivity contribution is -0.131. The Morgan fingerprint density at radius 2 is 2.14 bits per heavy atom. The van der Waals surface area contributed by atoms with Crippen LogP contribution >= 0.6 is 11.3 Å². The minimum atomic E-state index is -1.14. The van der Waals surface area contributed by atoms with Gasteiger partial charge in [-0.1, -0.05) is 17.4 Å². The number of anilines is 1. The third kappa shape index (κ3) is 3.93. The van der Waals surface area contributed by atoms with Gasteiger partial charge in [0, 0.05) is 6.08 Å². The average molecular weight is 307 g/mol. The molecule has 0 atom stereocenters. The van der Waals surface area contributed by atoms with Gasteiger partial charge in [-0.15, -0.1) is 10.2 Å². The molecule has 0 radical (unpaired) electrons. The minimum absolute atomic E-state index is 0.157. The number of carbonyl (C=O) groups excluding carboxylic acids is 1. The maximum atomic E-state index is 13.9. The average Bonchev–Trinajstić information content (AvgIpc) is 2.81. The summed E-state index contributed by atoms with van der Waals surface area (Å²) >= 11 is 1.18. The number of rotatable bonds is 4. The van der Waals surface area contributed by atoms with Gasteiger partial charge in [0.1, 0.15) is 10.8 Å². The third-order valence-electron chi connectivity index (χ3n) is 2.40. The van der Waals surface area contributed by atoms with Crippen molar-refractivity contribution in [3.8, 4) is 0 Å². The Labute approximate surface area is 123 Å². The lowest BCUT2D eigenvalue weighted by Crippen LogP contribution is -2.13. The van der Waals surface area contributed by atoms with Crippen LogP contribution < -0.4 is 5.32 Å². The Kier molecular flexibility index (Phi) is 4.39. The fourth-order valence-corrected chi connectivity index (χ4v) is 2.09. The predicted octanol–water partition coefficient (Wildman–Crippen LogP) is 2.34. The van der Waals surface area contributed by atoms with Gasteiger partial charge in [0.25, 0.3) is 5.91 Å². The van der Waals surface area contributed by atoms with Crippen molar-refractivity contribution in [2.45, 2.75) is 6.92 Å². The molecule has 0 aliphatic heterocycles. The lowest BCUT2D eigenvalue weighted by atomic mass is 10.1. The van der Waals surface area contributed by atoms with Crippen LogP contribution in [0.4, 0.5) is 9.52 Å². The van der Waals surface area contributed by atoms with E-state index in [0.717, 1.165) is 12.1 Å². The maximum Gasteiger partial charge on any atom is 0.328 e. The first-order valence-corrected chi connectivity index (χ1v) is 6.59. The summed E-state index contributed by atoms with van der Waals surface area (Å²) in [7, 11) is 0. The molecule has 0 saturated heterocycles. The van der Waals surface area contributed by atoms with Crippen LogP contribution in [0.3, 0.4) is 0 Å². The van der Waals surface area contributed by atoms with E-state index in [-0.39, 0.29) is 10.7 Å². The van der Waals surface area contributed by atoms with Gasteiger partial charge in [-0.05, 0) is 30.7 Å². The second kappa shape index (κ2) is 6.23. The van der Waals surface area contributed by atoms with Gasteiger partial charge in [-0.3, -0.25) is 10.1 Å². The number of carbonyl (C=O) groups is 2. The zero-order chi connectivity index (χ0) is 15.4. The van der Waals surface area contributed by atoms with Crippen LogP contribution in [0.25, 0.3) is 6.08 Å². The van der Waals surface area contributed by atoms with Gasteiger partial charge >= 0.3 is 5.97 Å². The van der Waals surface area contributed by atoms with Crippen molar-refractivity contribution >= 4 is 34.4 Å². The summed E-state index contributed by atoms with van der Waals surface area (Å²) in [5.41, 5.74) is 0.188. The van der Waals surface area contributed by atoms with Gasteiger partial charge in [-0.25, -0.2) is 9.18 Å². The normalized spacial score (nSPS) is 10.8. The second-order valence-electron chi connectivity index (χ2n) is 3.99. The SMILES string of the molecule is Cc1nnc(NC(=O)c2ccc(/C=C/C(=O)O)cc2F)s1. The molecule has 2 N–H and O–H groups in total. The molecule has 21 heavy (non-hydrogen) atoms. The zero-order valence-electron chi connectivity index (χ0n) is 10.8.